The Bertz CT molecular complexity index is 594. The second-order valence-corrected chi connectivity index (χ2v) is 6.21. The molecule has 0 spiro atoms. The number of piperidine rings is 1. The summed E-state index contributed by atoms with van der Waals surface area (Å²) in [5.41, 5.74) is -0.649. The van der Waals surface area contributed by atoms with E-state index in [2.05, 4.69) is 5.32 Å². The van der Waals surface area contributed by atoms with Gasteiger partial charge >= 0.3 is 6.18 Å². The number of nitrogens with zero attached hydrogens (tertiary/aromatic N) is 2. The van der Waals surface area contributed by atoms with E-state index in [0.717, 1.165) is 31.7 Å². The standard InChI is InChI=1S/C16H18F3N3/c1-22(14-6-11-3-4-12(7-14)21-11)13-5-2-10(9-20)15(8-13)16(17,18)19/h2,5,8,11-12,14,21H,3-4,6-7H2,1H3. The number of nitrogens with one attached hydrogen (secondary N) is 1. The third-order valence-electron chi connectivity index (χ3n) is 4.83. The van der Waals surface area contributed by atoms with E-state index in [1.54, 1.807) is 12.1 Å². The van der Waals surface area contributed by atoms with Crippen LogP contribution in [0.15, 0.2) is 18.2 Å². The number of rotatable bonds is 2. The lowest BCUT2D eigenvalue weighted by atomic mass is 9.97. The molecule has 0 aliphatic carbocycles. The summed E-state index contributed by atoms with van der Waals surface area (Å²) in [6.45, 7) is 0. The lowest BCUT2D eigenvalue weighted by Crippen LogP contribution is -2.47. The van der Waals surface area contributed by atoms with Gasteiger partial charge in [0.2, 0.25) is 0 Å². The molecular formula is C16H18F3N3. The normalized spacial score (nSPS) is 27.5. The largest absolute Gasteiger partial charge is 0.417 e. The number of benzene rings is 1. The summed E-state index contributed by atoms with van der Waals surface area (Å²) in [7, 11) is 1.84. The molecule has 1 aromatic carbocycles. The van der Waals surface area contributed by atoms with Crippen molar-refractivity contribution < 1.29 is 13.2 Å². The minimum absolute atomic E-state index is 0.243. The van der Waals surface area contributed by atoms with Crippen molar-refractivity contribution in [1.29, 1.82) is 5.26 Å². The van der Waals surface area contributed by atoms with Gasteiger partial charge in [0, 0.05) is 30.9 Å². The molecule has 2 heterocycles. The highest BCUT2D eigenvalue weighted by Crippen LogP contribution is 2.36. The molecule has 22 heavy (non-hydrogen) atoms. The quantitative estimate of drug-likeness (QED) is 0.911. The van der Waals surface area contributed by atoms with Gasteiger partial charge in [-0.05, 0) is 43.9 Å². The molecule has 3 nitrogen and oxygen atoms in total. The van der Waals surface area contributed by atoms with Crippen LogP contribution in [-0.2, 0) is 6.18 Å². The Kier molecular flexibility index (Phi) is 3.77. The fourth-order valence-corrected chi connectivity index (χ4v) is 3.64. The zero-order valence-corrected chi connectivity index (χ0v) is 12.3. The highest BCUT2D eigenvalue weighted by Gasteiger charge is 2.37. The Morgan fingerprint density at radius 3 is 2.41 bits per heavy atom. The summed E-state index contributed by atoms with van der Waals surface area (Å²) in [5, 5.41) is 12.4. The zero-order chi connectivity index (χ0) is 15.9. The van der Waals surface area contributed by atoms with Crippen molar-refractivity contribution in [1.82, 2.24) is 5.32 Å². The number of halogens is 3. The molecule has 3 rings (SSSR count). The molecule has 1 N–H and O–H groups in total. The van der Waals surface area contributed by atoms with Crippen LogP contribution in [0.1, 0.15) is 36.8 Å². The zero-order valence-electron chi connectivity index (χ0n) is 12.3. The molecule has 2 fully saturated rings. The first-order chi connectivity index (χ1) is 10.4. The van der Waals surface area contributed by atoms with Crippen molar-refractivity contribution in [2.75, 3.05) is 11.9 Å². The van der Waals surface area contributed by atoms with Crippen molar-refractivity contribution >= 4 is 5.69 Å². The number of anilines is 1. The first-order valence-corrected chi connectivity index (χ1v) is 7.48. The summed E-state index contributed by atoms with van der Waals surface area (Å²) in [5.74, 6) is 0. The molecule has 0 amide bonds. The highest BCUT2D eigenvalue weighted by molar-refractivity contribution is 5.55. The topological polar surface area (TPSA) is 39.1 Å². The second-order valence-electron chi connectivity index (χ2n) is 6.21. The number of hydrogen-bond acceptors (Lipinski definition) is 3. The van der Waals surface area contributed by atoms with E-state index in [1.165, 1.54) is 6.07 Å². The molecule has 2 aliphatic heterocycles. The van der Waals surface area contributed by atoms with E-state index in [1.807, 2.05) is 11.9 Å². The molecule has 2 saturated heterocycles. The van der Waals surface area contributed by atoms with Crippen molar-refractivity contribution in [2.45, 2.75) is 50.0 Å². The van der Waals surface area contributed by atoms with Crippen LogP contribution in [0.5, 0.6) is 0 Å². The van der Waals surface area contributed by atoms with E-state index < -0.39 is 11.7 Å². The Hall–Kier alpha value is -1.74. The van der Waals surface area contributed by atoms with E-state index in [-0.39, 0.29) is 11.6 Å². The van der Waals surface area contributed by atoms with Crippen LogP contribution in [0.25, 0.3) is 0 Å². The van der Waals surface area contributed by atoms with Gasteiger partial charge in [0.15, 0.2) is 0 Å². The minimum atomic E-state index is -4.50. The van der Waals surface area contributed by atoms with Crippen molar-refractivity contribution in [3.8, 4) is 6.07 Å². The Morgan fingerprint density at radius 1 is 1.23 bits per heavy atom. The fourth-order valence-electron chi connectivity index (χ4n) is 3.64. The molecule has 2 unspecified atom stereocenters. The molecular weight excluding hydrogens is 291 g/mol. The lowest BCUT2D eigenvalue weighted by Gasteiger charge is -2.37. The molecule has 118 valence electrons. The van der Waals surface area contributed by atoms with Crippen LogP contribution in [0.3, 0.4) is 0 Å². The summed E-state index contributed by atoms with van der Waals surface area (Å²) < 4.78 is 39.2. The van der Waals surface area contributed by atoms with Crippen molar-refractivity contribution in [3.63, 3.8) is 0 Å². The summed E-state index contributed by atoms with van der Waals surface area (Å²) in [6.07, 6.45) is -0.301. The molecule has 6 heteroatoms. The maximum absolute atomic E-state index is 13.1. The Labute approximate surface area is 127 Å². The lowest BCUT2D eigenvalue weighted by molar-refractivity contribution is -0.137. The van der Waals surface area contributed by atoms with Crippen LogP contribution in [-0.4, -0.2) is 25.2 Å². The molecule has 0 radical (unpaired) electrons. The van der Waals surface area contributed by atoms with Gasteiger partial charge in [-0.15, -0.1) is 0 Å². The van der Waals surface area contributed by atoms with Gasteiger partial charge in [0.1, 0.15) is 0 Å². The average molecular weight is 309 g/mol. The maximum Gasteiger partial charge on any atom is 0.417 e. The van der Waals surface area contributed by atoms with Gasteiger partial charge in [-0.1, -0.05) is 0 Å². The third-order valence-corrected chi connectivity index (χ3v) is 4.83. The van der Waals surface area contributed by atoms with Crippen LogP contribution in [0, 0.1) is 11.3 Å². The predicted octanol–water partition coefficient (Wildman–Crippen LogP) is 3.30. The Balaban J connectivity index is 1.87. The summed E-state index contributed by atoms with van der Waals surface area (Å²) >= 11 is 0. The first-order valence-electron chi connectivity index (χ1n) is 7.48. The van der Waals surface area contributed by atoms with Gasteiger partial charge in [-0.3, -0.25) is 0 Å². The van der Waals surface area contributed by atoms with E-state index in [4.69, 9.17) is 5.26 Å². The molecule has 2 atom stereocenters. The molecule has 2 bridgehead atoms. The Morgan fingerprint density at radius 2 is 1.86 bits per heavy atom. The smallest absolute Gasteiger partial charge is 0.371 e. The van der Waals surface area contributed by atoms with Gasteiger partial charge in [-0.2, -0.15) is 18.4 Å². The van der Waals surface area contributed by atoms with Crippen LogP contribution >= 0.6 is 0 Å². The fraction of sp³-hybridized carbons (Fsp3) is 0.562. The van der Waals surface area contributed by atoms with Crippen LogP contribution < -0.4 is 10.2 Å². The van der Waals surface area contributed by atoms with Gasteiger partial charge in [0.05, 0.1) is 17.2 Å². The van der Waals surface area contributed by atoms with Crippen LogP contribution in [0.2, 0.25) is 0 Å². The second kappa shape index (κ2) is 5.47. The van der Waals surface area contributed by atoms with Crippen molar-refractivity contribution in [3.05, 3.63) is 29.3 Å². The summed E-state index contributed by atoms with van der Waals surface area (Å²) in [4.78, 5) is 1.93. The monoisotopic (exact) mass is 309 g/mol. The van der Waals surface area contributed by atoms with Crippen LogP contribution in [0.4, 0.5) is 18.9 Å². The predicted molar refractivity (Wildman–Crippen MR) is 77.5 cm³/mol. The third kappa shape index (κ3) is 2.78. The van der Waals surface area contributed by atoms with E-state index in [0.29, 0.717) is 17.8 Å². The number of alkyl halides is 3. The molecule has 0 aromatic heterocycles. The van der Waals surface area contributed by atoms with E-state index >= 15 is 0 Å². The SMILES string of the molecule is CN(c1ccc(C#N)c(C(F)(F)F)c1)C1CC2CCC(C1)N2. The first kappa shape index (κ1) is 15.2. The van der Waals surface area contributed by atoms with E-state index in [9.17, 15) is 13.2 Å². The maximum atomic E-state index is 13.1. The van der Waals surface area contributed by atoms with Gasteiger partial charge < -0.3 is 10.2 Å². The molecule has 1 aromatic rings. The van der Waals surface area contributed by atoms with Gasteiger partial charge in [-0.25, -0.2) is 0 Å². The minimum Gasteiger partial charge on any atom is -0.371 e. The number of nitriles is 1. The van der Waals surface area contributed by atoms with Crippen molar-refractivity contribution in [2.24, 2.45) is 0 Å². The molecule has 0 saturated carbocycles. The number of hydrogen-bond donors (Lipinski definition) is 1. The summed E-state index contributed by atoms with van der Waals surface area (Å²) in [6, 6.07) is 6.80. The number of fused-ring (bicyclic) bond motifs is 2. The molecule has 2 aliphatic rings. The highest BCUT2D eigenvalue weighted by atomic mass is 19.4. The average Bonchev–Trinajstić information content (AvgIpc) is 2.83. The van der Waals surface area contributed by atoms with Gasteiger partial charge in [0.25, 0.3) is 0 Å².